The van der Waals surface area contributed by atoms with Crippen molar-refractivity contribution in [1.29, 1.82) is 5.26 Å². The number of rotatable bonds is 2. The Kier molecular flexibility index (Phi) is 4.08. The minimum absolute atomic E-state index is 0.140. The Balaban J connectivity index is 1.31. The molecule has 2 aromatic heterocycles. The first-order valence-electron chi connectivity index (χ1n) is 9.62. The number of amides is 1. The highest BCUT2D eigenvalue weighted by Gasteiger charge is 2.63. The highest BCUT2D eigenvalue weighted by atomic mass is 19.1. The van der Waals surface area contributed by atoms with Crippen molar-refractivity contribution in [2.24, 2.45) is 11.3 Å². The van der Waals surface area contributed by atoms with E-state index in [1.165, 1.54) is 18.6 Å². The molecule has 1 aliphatic carbocycles. The molecule has 8 nitrogen and oxygen atoms in total. The van der Waals surface area contributed by atoms with Crippen LogP contribution in [0.4, 0.5) is 10.3 Å². The van der Waals surface area contributed by atoms with E-state index < -0.39 is 5.82 Å². The van der Waals surface area contributed by atoms with Gasteiger partial charge in [0, 0.05) is 31.0 Å². The third kappa shape index (κ3) is 2.95. The largest absolute Gasteiger partial charge is 0.490 e. The molecule has 0 bridgehead atoms. The molecule has 29 heavy (non-hydrogen) atoms. The number of halogens is 1. The Bertz CT molecular complexity index is 1010. The molecule has 0 radical (unpaired) electrons. The average Bonchev–Trinajstić information content (AvgIpc) is 3.51. The van der Waals surface area contributed by atoms with Crippen molar-refractivity contribution in [3.05, 3.63) is 41.7 Å². The number of anilines is 1. The van der Waals surface area contributed by atoms with E-state index in [2.05, 4.69) is 21.0 Å². The number of piperidine rings is 1. The van der Waals surface area contributed by atoms with Crippen molar-refractivity contribution in [2.75, 3.05) is 31.1 Å². The lowest BCUT2D eigenvalue weighted by Gasteiger charge is -2.33. The number of carbonyl (C=O) groups excluding carboxylic acids is 1. The van der Waals surface area contributed by atoms with E-state index in [-0.39, 0.29) is 17.2 Å². The number of aromatic nitrogens is 3. The standard InChI is InChI=1S/C20H19FN6O2/c21-16-9-24-19(25-10-16)27-2-1-20(5-15(20)12-27)18(28)26-3-4-29-17-13(6-22)7-23-8-14(17)11-26/h7-10,15H,1-5,11-12H2/t15-,20+/m1/s1. The first-order valence-corrected chi connectivity index (χ1v) is 9.62. The molecular formula is C20H19FN6O2. The fourth-order valence-electron chi connectivity index (χ4n) is 4.52. The van der Waals surface area contributed by atoms with Crippen molar-refractivity contribution < 1.29 is 13.9 Å². The first-order chi connectivity index (χ1) is 14.1. The van der Waals surface area contributed by atoms with Gasteiger partial charge in [0.2, 0.25) is 11.9 Å². The van der Waals surface area contributed by atoms with Gasteiger partial charge < -0.3 is 14.5 Å². The number of nitriles is 1. The lowest BCUT2D eigenvalue weighted by Crippen LogP contribution is -2.45. The highest BCUT2D eigenvalue weighted by Crippen LogP contribution is 2.59. The monoisotopic (exact) mass is 394 g/mol. The van der Waals surface area contributed by atoms with Gasteiger partial charge in [-0.3, -0.25) is 9.78 Å². The van der Waals surface area contributed by atoms with Crippen LogP contribution in [0, 0.1) is 28.5 Å². The first kappa shape index (κ1) is 17.8. The van der Waals surface area contributed by atoms with Crippen molar-refractivity contribution >= 4 is 11.9 Å². The molecule has 5 rings (SSSR count). The van der Waals surface area contributed by atoms with Crippen molar-refractivity contribution in [3.8, 4) is 11.8 Å². The van der Waals surface area contributed by atoms with Crippen LogP contribution >= 0.6 is 0 Å². The smallest absolute Gasteiger partial charge is 0.229 e. The Morgan fingerprint density at radius 2 is 2.10 bits per heavy atom. The quantitative estimate of drug-likeness (QED) is 0.762. The lowest BCUT2D eigenvalue weighted by atomic mass is 9.93. The normalized spacial score (nSPS) is 25.2. The molecule has 1 saturated heterocycles. The number of ether oxygens (including phenoxy) is 1. The fraction of sp³-hybridized carbons (Fsp3) is 0.450. The zero-order chi connectivity index (χ0) is 20.0. The minimum Gasteiger partial charge on any atom is -0.490 e. The Labute approximate surface area is 166 Å². The van der Waals surface area contributed by atoms with Gasteiger partial charge in [0.25, 0.3) is 0 Å². The number of carbonyl (C=O) groups is 1. The van der Waals surface area contributed by atoms with Gasteiger partial charge in [-0.2, -0.15) is 5.26 Å². The Morgan fingerprint density at radius 3 is 2.86 bits per heavy atom. The number of hydrogen-bond donors (Lipinski definition) is 0. The number of fused-ring (bicyclic) bond motifs is 2. The van der Waals surface area contributed by atoms with Crippen molar-refractivity contribution in [1.82, 2.24) is 19.9 Å². The molecule has 2 fully saturated rings. The number of nitrogens with zero attached hydrogens (tertiary/aromatic N) is 6. The molecule has 2 aliphatic heterocycles. The van der Waals surface area contributed by atoms with Gasteiger partial charge in [-0.1, -0.05) is 0 Å². The van der Waals surface area contributed by atoms with E-state index >= 15 is 0 Å². The van der Waals surface area contributed by atoms with Crippen LogP contribution in [0.2, 0.25) is 0 Å². The van der Waals surface area contributed by atoms with Gasteiger partial charge in [0.15, 0.2) is 5.82 Å². The summed E-state index contributed by atoms with van der Waals surface area (Å²) in [4.78, 5) is 29.5. The highest BCUT2D eigenvalue weighted by molar-refractivity contribution is 5.86. The molecule has 2 aromatic rings. The summed E-state index contributed by atoms with van der Waals surface area (Å²) in [5, 5.41) is 9.26. The molecule has 0 unspecified atom stereocenters. The maximum absolute atomic E-state index is 13.4. The van der Waals surface area contributed by atoms with Crippen LogP contribution in [0.5, 0.6) is 5.75 Å². The predicted octanol–water partition coefficient (Wildman–Crippen LogP) is 1.52. The zero-order valence-corrected chi connectivity index (χ0v) is 15.7. The van der Waals surface area contributed by atoms with E-state index in [9.17, 15) is 14.4 Å². The van der Waals surface area contributed by atoms with Gasteiger partial charge in [-0.15, -0.1) is 0 Å². The molecule has 1 amide bonds. The molecule has 3 aliphatic rings. The molecule has 2 atom stereocenters. The SMILES string of the molecule is N#Cc1cncc2c1OCCN(C(=O)[C@]13CCN(c4ncc(F)cn4)C[C@H]1C3)C2. The van der Waals surface area contributed by atoms with Gasteiger partial charge in [-0.25, -0.2) is 14.4 Å². The number of hydrogen-bond acceptors (Lipinski definition) is 7. The molecule has 0 N–H and O–H groups in total. The summed E-state index contributed by atoms with van der Waals surface area (Å²) >= 11 is 0. The molecule has 148 valence electrons. The molecule has 0 spiro atoms. The topological polar surface area (TPSA) is 95.2 Å². The van der Waals surface area contributed by atoms with E-state index in [4.69, 9.17) is 4.74 Å². The summed E-state index contributed by atoms with van der Waals surface area (Å²) in [5.74, 6) is 0.961. The maximum atomic E-state index is 13.4. The summed E-state index contributed by atoms with van der Waals surface area (Å²) in [7, 11) is 0. The van der Waals surface area contributed by atoms with Crippen molar-refractivity contribution in [3.63, 3.8) is 0 Å². The number of pyridine rings is 1. The van der Waals surface area contributed by atoms with Crippen LogP contribution in [0.25, 0.3) is 0 Å². The van der Waals surface area contributed by atoms with Crippen molar-refractivity contribution in [2.45, 2.75) is 19.4 Å². The third-order valence-corrected chi connectivity index (χ3v) is 6.16. The van der Waals surface area contributed by atoms with E-state index in [0.29, 0.717) is 50.0 Å². The van der Waals surface area contributed by atoms with E-state index in [1.807, 2.05) is 9.80 Å². The fourth-order valence-corrected chi connectivity index (χ4v) is 4.52. The van der Waals surface area contributed by atoms with Gasteiger partial charge in [0.05, 0.1) is 30.9 Å². The molecule has 9 heteroatoms. The Hall–Kier alpha value is -3.28. The predicted molar refractivity (Wildman–Crippen MR) is 99.2 cm³/mol. The van der Waals surface area contributed by atoms with Crippen LogP contribution in [-0.4, -0.2) is 52.0 Å². The van der Waals surface area contributed by atoms with Crippen LogP contribution < -0.4 is 9.64 Å². The summed E-state index contributed by atoms with van der Waals surface area (Å²) in [5.41, 5.74) is 0.814. The van der Waals surface area contributed by atoms with E-state index in [0.717, 1.165) is 18.4 Å². The second kappa shape index (κ2) is 6.65. The molecule has 1 saturated carbocycles. The van der Waals surface area contributed by atoms with E-state index in [1.54, 1.807) is 6.20 Å². The summed E-state index contributed by atoms with van der Waals surface area (Å²) in [6, 6.07) is 2.10. The third-order valence-electron chi connectivity index (χ3n) is 6.16. The maximum Gasteiger partial charge on any atom is 0.229 e. The van der Waals surface area contributed by atoms with Gasteiger partial charge in [-0.05, 0) is 18.8 Å². The summed E-state index contributed by atoms with van der Waals surface area (Å²) in [6.07, 6.45) is 7.04. The van der Waals surface area contributed by atoms with Crippen LogP contribution in [-0.2, 0) is 11.3 Å². The van der Waals surface area contributed by atoms with Gasteiger partial charge >= 0.3 is 0 Å². The molecule has 0 aromatic carbocycles. The Morgan fingerprint density at radius 1 is 1.28 bits per heavy atom. The molecular weight excluding hydrogens is 375 g/mol. The molecule has 4 heterocycles. The second-order valence-corrected chi connectivity index (χ2v) is 7.82. The zero-order valence-electron chi connectivity index (χ0n) is 15.7. The lowest BCUT2D eigenvalue weighted by molar-refractivity contribution is -0.138. The van der Waals surface area contributed by atoms with Gasteiger partial charge in [0.1, 0.15) is 24.0 Å². The second-order valence-electron chi connectivity index (χ2n) is 7.82. The van der Waals surface area contributed by atoms with Crippen LogP contribution in [0.3, 0.4) is 0 Å². The minimum atomic E-state index is -0.459. The summed E-state index contributed by atoms with van der Waals surface area (Å²) in [6.45, 7) is 2.59. The average molecular weight is 394 g/mol. The van der Waals surface area contributed by atoms with Crippen LogP contribution in [0.15, 0.2) is 24.8 Å². The summed E-state index contributed by atoms with van der Waals surface area (Å²) < 4.78 is 18.8. The van der Waals surface area contributed by atoms with Crippen LogP contribution in [0.1, 0.15) is 24.0 Å².